The van der Waals surface area contributed by atoms with Crippen LogP contribution in [-0.4, -0.2) is 21.4 Å². The van der Waals surface area contributed by atoms with Crippen LogP contribution in [0.5, 0.6) is 0 Å². The molecule has 6 heteroatoms. The topological polar surface area (TPSA) is 80.9 Å². The zero-order valence-electron chi connectivity index (χ0n) is 13.8. The van der Waals surface area contributed by atoms with Gasteiger partial charge in [-0.05, 0) is 19.8 Å². The molecule has 1 aromatic heterocycles. The van der Waals surface area contributed by atoms with Crippen molar-refractivity contribution in [3.8, 4) is 0 Å². The lowest BCUT2D eigenvalue weighted by atomic mass is 9.74. The molecule has 124 valence electrons. The van der Waals surface area contributed by atoms with Crippen molar-refractivity contribution in [2.75, 3.05) is 5.32 Å². The molecule has 2 rings (SSSR count). The highest BCUT2D eigenvalue weighted by atomic mass is 35.5. The Morgan fingerprint density at radius 1 is 1.32 bits per heavy atom. The quantitative estimate of drug-likeness (QED) is 0.875. The Kier molecular flexibility index (Phi) is 5.93. The number of carbonyl (C=O) groups is 1. The first-order valence-corrected chi connectivity index (χ1v) is 7.62. The summed E-state index contributed by atoms with van der Waals surface area (Å²) < 4.78 is 0. The van der Waals surface area contributed by atoms with E-state index in [2.05, 4.69) is 36.1 Å². The number of anilines is 1. The molecule has 22 heavy (non-hydrogen) atoms. The standard InChI is InChI=1S/C16H26N4O.ClH/c1-15(2,3)14-18-9-11(10-19-14)20-13(21)12-7-5-6-8-16(12,4)17;/h9-10,12H,5-8,17H2,1-4H3,(H,20,21);1H. The third-order valence-electron chi connectivity index (χ3n) is 4.16. The van der Waals surface area contributed by atoms with Gasteiger partial charge >= 0.3 is 0 Å². The Hall–Kier alpha value is -1.20. The zero-order chi connectivity index (χ0) is 15.7. The maximum absolute atomic E-state index is 12.4. The molecule has 0 radical (unpaired) electrons. The van der Waals surface area contributed by atoms with Gasteiger partial charge in [0.1, 0.15) is 5.82 Å². The van der Waals surface area contributed by atoms with E-state index in [1.807, 2.05) is 6.92 Å². The molecule has 0 aromatic carbocycles. The molecule has 1 aliphatic carbocycles. The molecule has 2 atom stereocenters. The van der Waals surface area contributed by atoms with E-state index in [0.717, 1.165) is 31.5 Å². The van der Waals surface area contributed by atoms with Crippen LogP contribution in [0.3, 0.4) is 0 Å². The van der Waals surface area contributed by atoms with Gasteiger partial charge in [-0.3, -0.25) is 4.79 Å². The first-order valence-electron chi connectivity index (χ1n) is 7.62. The lowest BCUT2D eigenvalue weighted by Crippen LogP contribution is -2.51. The molecule has 1 heterocycles. The van der Waals surface area contributed by atoms with Crippen molar-refractivity contribution < 1.29 is 4.79 Å². The number of rotatable bonds is 2. The van der Waals surface area contributed by atoms with Gasteiger partial charge in [0, 0.05) is 11.0 Å². The lowest BCUT2D eigenvalue weighted by molar-refractivity contribution is -0.122. The van der Waals surface area contributed by atoms with Crippen LogP contribution in [0.4, 0.5) is 5.69 Å². The molecule has 1 aromatic rings. The molecule has 1 saturated carbocycles. The number of nitrogens with two attached hydrogens (primary N) is 1. The molecule has 1 fully saturated rings. The van der Waals surface area contributed by atoms with Crippen molar-refractivity contribution in [1.29, 1.82) is 0 Å². The van der Waals surface area contributed by atoms with Gasteiger partial charge in [0.05, 0.1) is 24.0 Å². The Bertz CT molecular complexity index is 508. The van der Waals surface area contributed by atoms with Crippen LogP contribution >= 0.6 is 12.4 Å². The maximum atomic E-state index is 12.4. The minimum absolute atomic E-state index is 0. The number of hydrogen-bond donors (Lipinski definition) is 2. The molecule has 0 saturated heterocycles. The van der Waals surface area contributed by atoms with Crippen LogP contribution in [0.1, 0.15) is 59.2 Å². The first kappa shape index (κ1) is 18.8. The molecule has 0 spiro atoms. The summed E-state index contributed by atoms with van der Waals surface area (Å²) in [5.41, 5.74) is 6.38. The SMILES string of the molecule is CC(C)(C)c1ncc(NC(=O)C2CCCCC2(C)N)cn1.Cl. The fourth-order valence-electron chi connectivity index (χ4n) is 2.80. The molecular weight excluding hydrogens is 300 g/mol. The fourth-order valence-corrected chi connectivity index (χ4v) is 2.80. The molecule has 5 nitrogen and oxygen atoms in total. The number of nitrogens with zero attached hydrogens (tertiary/aromatic N) is 2. The molecular formula is C16H27ClN4O. The van der Waals surface area contributed by atoms with E-state index in [-0.39, 0.29) is 29.6 Å². The minimum Gasteiger partial charge on any atom is -0.325 e. The Morgan fingerprint density at radius 2 is 1.91 bits per heavy atom. The number of aromatic nitrogens is 2. The smallest absolute Gasteiger partial charge is 0.229 e. The van der Waals surface area contributed by atoms with Crippen molar-refractivity contribution in [3.63, 3.8) is 0 Å². The average Bonchev–Trinajstić information content (AvgIpc) is 2.37. The zero-order valence-corrected chi connectivity index (χ0v) is 14.7. The summed E-state index contributed by atoms with van der Waals surface area (Å²) in [6, 6.07) is 0. The lowest BCUT2D eigenvalue weighted by Gasteiger charge is -2.37. The number of amides is 1. The molecule has 0 aliphatic heterocycles. The minimum atomic E-state index is -0.422. The number of hydrogen-bond acceptors (Lipinski definition) is 4. The highest BCUT2D eigenvalue weighted by molar-refractivity contribution is 5.93. The van der Waals surface area contributed by atoms with Crippen molar-refractivity contribution in [3.05, 3.63) is 18.2 Å². The van der Waals surface area contributed by atoms with Crippen molar-refractivity contribution in [2.24, 2.45) is 11.7 Å². The highest BCUT2D eigenvalue weighted by Gasteiger charge is 2.37. The summed E-state index contributed by atoms with van der Waals surface area (Å²) in [5, 5.41) is 2.90. The van der Waals surface area contributed by atoms with Gasteiger partial charge in [0.15, 0.2) is 0 Å². The van der Waals surface area contributed by atoms with Crippen LogP contribution in [0.15, 0.2) is 12.4 Å². The summed E-state index contributed by atoms with van der Waals surface area (Å²) in [7, 11) is 0. The van der Waals surface area contributed by atoms with E-state index < -0.39 is 5.54 Å². The predicted molar refractivity (Wildman–Crippen MR) is 91.2 cm³/mol. The molecule has 0 bridgehead atoms. The van der Waals surface area contributed by atoms with Gasteiger partial charge in [-0.1, -0.05) is 33.6 Å². The van der Waals surface area contributed by atoms with E-state index >= 15 is 0 Å². The van der Waals surface area contributed by atoms with Gasteiger partial charge in [0.2, 0.25) is 5.91 Å². The predicted octanol–water partition coefficient (Wildman–Crippen LogP) is 3.04. The van der Waals surface area contributed by atoms with E-state index in [1.54, 1.807) is 12.4 Å². The average molecular weight is 327 g/mol. The van der Waals surface area contributed by atoms with Gasteiger partial charge in [-0.2, -0.15) is 0 Å². The molecule has 1 amide bonds. The molecule has 3 N–H and O–H groups in total. The van der Waals surface area contributed by atoms with E-state index in [9.17, 15) is 4.79 Å². The van der Waals surface area contributed by atoms with E-state index in [1.165, 1.54) is 0 Å². The van der Waals surface area contributed by atoms with Crippen LogP contribution in [0, 0.1) is 5.92 Å². The summed E-state index contributed by atoms with van der Waals surface area (Å²) in [5.74, 6) is 0.599. The first-order chi connectivity index (χ1) is 9.70. The van der Waals surface area contributed by atoms with Gasteiger partial charge in [0.25, 0.3) is 0 Å². The summed E-state index contributed by atoms with van der Waals surface area (Å²) in [4.78, 5) is 21.1. The van der Waals surface area contributed by atoms with Gasteiger partial charge < -0.3 is 11.1 Å². The Morgan fingerprint density at radius 3 is 2.41 bits per heavy atom. The van der Waals surface area contributed by atoms with Crippen LogP contribution in [-0.2, 0) is 10.2 Å². The van der Waals surface area contributed by atoms with Gasteiger partial charge in [-0.25, -0.2) is 9.97 Å². The Labute approximate surface area is 138 Å². The fraction of sp³-hybridized carbons (Fsp3) is 0.688. The number of nitrogens with one attached hydrogen (secondary N) is 1. The van der Waals surface area contributed by atoms with Gasteiger partial charge in [-0.15, -0.1) is 12.4 Å². The number of halogens is 1. The maximum Gasteiger partial charge on any atom is 0.229 e. The summed E-state index contributed by atoms with van der Waals surface area (Å²) in [6.07, 6.45) is 7.24. The van der Waals surface area contributed by atoms with E-state index in [0.29, 0.717) is 5.69 Å². The highest BCUT2D eigenvalue weighted by Crippen LogP contribution is 2.32. The Balaban J connectivity index is 0.00000242. The van der Waals surface area contributed by atoms with Crippen molar-refractivity contribution >= 4 is 24.0 Å². The number of carbonyl (C=O) groups excluding carboxylic acids is 1. The molecule has 1 aliphatic rings. The largest absolute Gasteiger partial charge is 0.325 e. The second-order valence-electron chi connectivity index (χ2n) is 7.34. The van der Waals surface area contributed by atoms with Crippen molar-refractivity contribution in [1.82, 2.24) is 9.97 Å². The van der Waals surface area contributed by atoms with Crippen molar-refractivity contribution in [2.45, 2.75) is 64.3 Å². The van der Waals surface area contributed by atoms with Crippen LogP contribution < -0.4 is 11.1 Å². The summed E-state index contributed by atoms with van der Waals surface area (Å²) in [6.45, 7) is 8.14. The second-order valence-corrected chi connectivity index (χ2v) is 7.34. The third kappa shape index (κ3) is 4.40. The molecule has 2 unspecified atom stereocenters. The van der Waals surface area contributed by atoms with E-state index in [4.69, 9.17) is 5.73 Å². The second kappa shape index (κ2) is 6.92. The third-order valence-corrected chi connectivity index (χ3v) is 4.16. The normalized spacial score (nSPS) is 25.2. The van der Waals surface area contributed by atoms with Crippen LogP contribution in [0.2, 0.25) is 0 Å². The monoisotopic (exact) mass is 326 g/mol. The summed E-state index contributed by atoms with van der Waals surface area (Å²) >= 11 is 0. The van der Waals surface area contributed by atoms with Crippen LogP contribution in [0.25, 0.3) is 0 Å².